The second-order valence-corrected chi connectivity index (χ2v) is 4.89. The monoisotopic (exact) mass is 229 g/mol. The number of benzene rings is 1. The largest absolute Gasteiger partial charge is 0.369 e. The van der Waals surface area contributed by atoms with E-state index in [9.17, 15) is 4.79 Å². The fraction of sp³-hybridized carbons (Fsp3) is 0.300. The van der Waals surface area contributed by atoms with E-state index < -0.39 is 16.2 Å². The van der Waals surface area contributed by atoms with E-state index in [0.717, 1.165) is 5.56 Å². The number of hydrogen-bond donors (Lipinski definition) is 1. The Hall–Kier alpha value is -0.730. The number of hydrogen-bond acceptors (Lipinski definition) is 1. The molecule has 0 unspecified atom stereocenters. The lowest BCUT2D eigenvalue weighted by Gasteiger charge is -1.97. The van der Waals surface area contributed by atoms with Crippen LogP contribution < -0.4 is 5.73 Å². The lowest BCUT2D eigenvalue weighted by atomic mass is 10.1. The molecule has 1 amide bonds. The van der Waals surface area contributed by atoms with Gasteiger partial charge < -0.3 is 5.73 Å². The zero-order valence-corrected chi connectivity index (χ0v) is 8.79. The van der Waals surface area contributed by atoms with Crippen LogP contribution >= 0.6 is 23.2 Å². The van der Waals surface area contributed by atoms with Gasteiger partial charge in [-0.15, -0.1) is 23.2 Å². The minimum absolute atomic E-state index is 0.162. The predicted molar refractivity (Wildman–Crippen MR) is 56.3 cm³/mol. The topological polar surface area (TPSA) is 43.1 Å². The molecule has 1 aliphatic carbocycles. The molecule has 1 saturated carbocycles. The fourth-order valence-electron chi connectivity index (χ4n) is 1.76. The van der Waals surface area contributed by atoms with Crippen molar-refractivity contribution in [2.24, 2.45) is 11.7 Å². The molecular formula is C10H9Cl2NO. The van der Waals surface area contributed by atoms with Gasteiger partial charge in [-0.05, 0) is 5.56 Å². The third-order valence-corrected chi connectivity index (χ3v) is 3.46. The molecule has 2 N–H and O–H groups in total. The van der Waals surface area contributed by atoms with Crippen molar-refractivity contribution in [3.05, 3.63) is 35.9 Å². The summed E-state index contributed by atoms with van der Waals surface area (Å²) < 4.78 is -1.02. The maximum absolute atomic E-state index is 11.0. The lowest BCUT2D eigenvalue weighted by molar-refractivity contribution is -0.119. The molecular weight excluding hydrogens is 221 g/mol. The second-order valence-electron chi connectivity index (χ2n) is 3.44. The highest BCUT2D eigenvalue weighted by Gasteiger charge is 2.66. The summed E-state index contributed by atoms with van der Waals surface area (Å²) in [6, 6.07) is 9.46. The van der Waals surface area contributed by atoms with Crippen LogP contribution in [-0.2, 0) is 4.79 Å². The number of primary amides is 1. The summed E-state index contributed by atoms with van der Waals surface area (Å²) in [5, 5.41) is 0. The molecule has 1 aromatic rings. The highest BCUT2D eigenvalue weighted by molar-refractivity contribution is 6.53. The van der Waals surface area contributed by atoms with Crippen LogP contribution in [0.4, 0.5) is 0 Å². The average molecular weight is 230 g/mol. The molecule has 2 atom stereocenters. The van der Waals surface area contributed by atoms with Crippen LogP contribution in [0.1, 0.15) is 11.5 Å². The van der Waals surface area contributed by atoms with E-state index in [1.807, 2.05) is 30.3 Å². The van der Waals surface area contributed by atoms with Gasteiger partial charge in [-0.25, -0.2) is 0 Å². The van der Waals surface area contributed by atoms with Crippen molar-refractivity contribution in [2.75, 3.05) is 0 Å². The first kappa shape index (κ1) is 9.81. The fourth-order valence-corrected chi connectivity index (χ4v) is 2.60. The van der Waals surface area contributed by atoms with Crippen LogP contribution in [0.5, 0.6) is 0 Å². The summed E-state index contributed by atoms with van der Waals surface area (Å²) in [5.41, 5.74) is 6.15. The second kappa shape index (κ2) is 3.14. The molecule has 1 aromatic carbocycles. The summed E-state index contributed by atoms with van der Waals surface area (Å²) >= 11 is 11.9. The zero-order chi connectivity index (χ0) is 10.3. The minimum atomic E-state index is -1.02. The summed E-state index contributed by atoms with van der Waals surface area (Å²) in [4.78, 5) is 11.0. The first-order valence-electron chi connectivity index (χ1n) is 4.27. The highest BCUT2D eigenvalue weighted by atomic mass is 35.5. The molecule has 0 aliphatic heterocycles. The molecule has 2 nitrogen and oxygen atoms in total. The molecule has 1 aliphatic rings. The van der Waals surface area contributed by atoms with Gasteiger partial charge in [-0.1, -0.05) is 30.3 Å². The van der Waals surface area contributed by atoms with Crippen LogP contribution in [0.15, 0.2) is 30.3 Å². The van der Waals surface area contributed by atoms with Gasteiger partial charge >= 0.3 is 0 Å². The lowest BCUT2D eigenvalue weighted by Crippen LogP contribution is -2.16. The van der Waals surface area contributed by atoms with Crippen molar-refractivity contribution in [2.45, 2.75) is 10.3 Å². The van der Waals surface area contributed by atoms with Gasteiger partial charge in [-0.2, -0.15) is 0 Å². The summed E-state index contributed by atoms with van der Waals surface area (Å²) in [7, 11) is 0. The van der Waals surface area contributed by atoms with Crippen LogP contribution in [0.2, 0.25) is 0 Å². The van der Waals surface area contributed by atoms with Gasteiger partial charge in [0.1, 0.15) is 4.33 Å². The number of nitrogens with two attached hydrogens (primary N) is 1. The van der Waals surface area contributed by atoms with Crippen LogP contribution in [0.25, 0.3) is 0 Å². The molecule has 0 saturated heterocycles. The number of carbonyl (C=O) groups excluding carboxylic acids is 1. The van der Waals surface area contributed by atoms with E-state index in [-0.39, 0.29) is 5.92 Å². The maximum Gasteiger partial charge on any atom is 0.224 e. The number of amides is 1. The number of rotatable bonds is 2. The Labute approximate surface area is 92.0 Å². The van der Waals surface area contributed by atoms with E-state index in [4.69, 9.17) is 28.9 Å². The Morgan fingerprint density at radius 3 is 2.29 bits per heavy atom. The molecule has 0 aromatic heterocycles. The van der Waals surface area contributed by atoms with Crippen molar-refractivity contribution >= 4 is 29.1 Å². The quantitative estimate of drug-likeness (QED) is 0.776. The summed E-state index contributed by atoms with van der Waals surface area (Å²) in [6.45, 7) is 0. The first-order chi connectivity index (χ1) is 6.55. The van der Waals surface area contributed by atoms with E-state index in [1.165, 1.54) is 0 Å². The number of alkyl halides is 2. The number of carbonyl (C=O) groups is 1. The van der Waals surface area contributed by atoms with E-state index in [0.29, 0.717) is 0 Å². The molecule has 74 valence electrons. The van der Waals surface area contributed by atoms with Gasteiger partial charge in [0.2, 0.25) is 5.91 Å². The Morgan fingerprint density at radius 1 is 1.29 bits per heavy atom. The van der Waals surface area contributed by atoms with Crippen molar-refractivity contribution in [3.63, 3.8) is 0 Å². The predicted octanol–water partition coefficient (Wildman–Crippen LogP) is 2.06. The molecule has 0 bridgehead atoms. The molecule has 0 spiro atoms. The SMILES string of the molecule is NC(=O)[C@@H]1[C@@H](c2ccccc2)C1(Cl)Cl. The third-order valence-electron chi connectivity index (χ3n) is 2.52. The normalized spacial score (nSPS) is 28.4. The van der Waals surface area contributed by atoms with E-state index in [1.54, 1.807) is 0 Å². The van der Waals surface area contributed by atoms with Gasteiger partial charge in [0.25, 0.3) is 0 Å². The van der Waals surface area contributed by atoms with Crippen molar-refractivity contribution < 1.29 is 4.79 Å². The Balaban J connectivity index is 2.28. The van der Waals surface area contributed by atoms with E-state index in [2.05, 4.69) is 0 Å². The molecule has 0 heterocycles. The summed E-state index contributed by atoms with van der Waals surface area (Å²) in [6.07, 6.45) is 0. The molecule has 2 rings (SSSR count). The third kappa shape index (κ3) is 1.39. The van der Waals surface area contributed by atoms with Crippen molar-refractivity contribution in [1.82, 2.24) is 0 Å². The van der Waals surface area contributed by atoms with Gasteiger partial charge in [0.15, 0.2) is 0 Å². The van der Waals surface area contributed by atoms with Crippen LogP contribution in [0.3, 0.4) is 0 Å². The summed E-state index contributed by atoms with van der Waals surface area (Å²) in [5.74, 6) is -1.07. The molecule has 4 heteroatoms. The van der Waals surface area contributed by atoms with Crippen LogP contribution in [-0.4, -0.2) is 10.2 Å². The van der Waals surface area contributed by atoms with Crippen LogP contribution in [0, 0.1) is 5.92 Å². The van der Waals surface area contributed by atoms with Gasteiger partial charge in [0.05, 0.1) is 5.92 Å². The Morgan fingerprint density at radius 2 is 1.86 bits per heavy atom. The number of halogens is 2. The molecule has 0 radical (unpaired) electrons. The average Bonchev–Trinajstić information content (AvgIpc) is 2.71. The standard InChI is InChI=1S/C10H9Cl2NO/c11-10(12)7(8(10)9(13)14)6-4-2-1-3-5-6/h1-5,7-8H,(H2,13,14)/t7-,8+/m1/s1. The van der Waals surface area contributed by atoms with Gasteiger partial charge in [0, 0.05) is 5.92 Å². The maximum atomic E-state index is 11.0. The van der Waals surface area contributed by atoms with Crippen molar-refractivity contribution in [1.29, 1.82) is 0 Å². The minimum Gasteiger partial charge on any atom is -0.369 e. The zero-order valence-electron chi connectivity index (χ0n) is 7.28. The van der Waals surface area contributed by atoms with Crippen molar-refractivity contribution in [3.8, 4) is 0 Å². The Kier molecular flexibility index (Phi) is 2.20. The smallest absolute Gasteiger partial charge is 0.224 e. The van der Waals surface area contributed by atoms with E-state index >= 15 is 0 Å². The molecule has 14 heavy (non-hydrogen) atoms. The Bertz CT molecular complexity index is 364. The molecule has 1 fully saturated rings. The first-order valence-corrected chi connectivity index (χ1v) is 5.03. The van der Waals surface area contributed by atoms with Gasteiger partial charge in [-0.3, -0.25) is 4.79 Å². The highest BCUT2D eigenvalue weighted by Crippen LogP contribution is 2.64.